The number of aromatic nitrogens is 2. The van der Waals surface area contributed by atoms with E-state index in [1.54, 1.807) is 11.0 Å². The van der Waals surface area contributed by atoms with Crippen LogP contribution in [-0.4, -0.2) is 100 Å². The number of nitrogens with zero attached hydrogens (tertiary/aromatic N) is 5. The molecule has 202 valence electrons. The quantitative estimate of drug-likeness (QED) is 0.497. The number of ether oxygens (including phenoxy) is 1. The van der Waals surface area contributed by atoms with Crippen LogP contribution in [0.15, 0.2) is 30.3 Å². The number of carbonyl (C=O) groups excluding carboxylic acids is 1. The summed E-state index contributed by atoms with van der Waals surface area (Å²) < 4.78 is 6.06. The van der Waals surface area contributed by atoms with E-state index in [1.807, 2.05) is 12.1 Å². The number of benzene rings is 2. The first-order valence-corrected chi connectivity index (χ1v) is 13.9. The molecule has 0 aliphatic carbocycles. The number of amides is 1. The molecule has 2 saturated heterocycles. The SMILES string of the molecule is CN1CCN(CCOc2ccc3c(c2)CN(C(=O)c2cc4c(CN5CCCCC5)n[nH]c4cc2O)C3)CC1. The Balaban J connectivity index is 1.11. The first-order valence-electron chi connectivity index (χ1n) is 13.9. The van der Waals surface area contributed by atoms with Gasteiger partial charge in [-0.2, -0.15) is 5.10 Å². The number of piperazine rings is 1. The summed E-state index contributed by atoms with van der Waals surface area (Å²) in [5.41, 5.74) is 4.24. The van der Waals surface area contributed by atoms with Crippen molar-refractivity contribution in [1.29, 1.82) is 0 Å². The molecular formula is C29H38N6O3. The van der Waals surface area contributed by atoms with Crippen LogP contribution >= 0.6 is 0 Å². The van der Waals surface area contributed by atoms with Crippen molar-refractivity contribution >= 4 is 16.8 Å². The number of piperidine rings is 1. The van der Waals surface area contributed by atoms with Gasteiger partial charge in [0.2, 0.25) is 0 Å². The average molecular weight is 519 g/mol. The Morgan fingerprint density at radius 3 is 2.58 bits per heavy atom. The van der Waals surface area contributed by atoms with Gasteiger partial charge in [0.15, 0.2) is 0 Å². The number of carbonyl (C=O) groups is 1. The summed E-state index contributed by atoms with van der Waals surface area (Å²) in [5.74, 6) is 0.667. The van der Waals surface area contributed by atoms with Crippen LogP contribution in [0.3, 0.4) is 0 Å². The minimum absolute atomic E-state index is 0.0143. The number of hydrogen-bond acceptors (Lipinski definition) is 7. The van der Waals surface area contributed by atoms with Crippen LogP contribution in [0.2, 0.25) is 0 Å². The Labute approximate surface area is 223 Å². The van der Waals surface area contributed by atoms with Gasteiger partial charge in [-0.05, 0) is 62.3 Å². The van der Waals surface area contributed by atoms with Crippen molar-refractivity contribution < 1.29 is 14.6 Å². The first-order chi connectivity index (χ1) is 18.5. The van der Waals surface area contributed by atoms with E-state index in [2.05, 4.69) is 44.1 Å². The van der Waals surface area contributed by atoms with E-state index in [0.29, 0.717) is 25.3 Å². The van der Waals surface area contributed by atoms with Crippen molar-refractivity contribution in [1.82, 2.24) is 29.8 Å². The van der Waals surface area contributed by atoms with Crippen LogP contribution in [0.1, 0.15) is 46.4 Å². The largest absolute Gasteiger partial charge is 0.507 e. The molecule has 0 saturated carbocycles. The van der Waals surface area contributed by atoms with Gasteiger partial charge < -0.3 is 19.6 Å². The van der Waals surface area contributed by atoms with Crippen molar-refractivity contribution in [3.05, 3.63) is 52.7 Å². The van der Waals surface area contributed by atoms with Crippen molar-refractivity contribution in [3.63, 3.8) is 0 Å². The summed E-state index contributed by atoms with van der Waals surface area (Å²) in [6, 6.07) is 9.56. The number of phenolic OH excluding ortho intramolecular Hbond substituents is 1. The minimum atomic E-state index is -0.164. The number of hydrogen-bond donors (Lipinski definition) is 2. The zero-order valence-corrected chi connectivity index (χ0v) is 22.3. The van der Waals surface area contributed by atoms with Gasteiger partial charge >= 0.3 is 0 Å². The van der Waals surface area contributed by atoms with E-state index in [-0.39, 0.29) is 11.7 Å². The average Bonchev–Trinajstić information content (AvgIpc) is 3.53. The molecule has 3 aliphatic rings. The molecular weight excluding hydrogens is 480 g/mol. The molecule has 4 heterocycles. The Kier molecular flexibility index (Phi) is 7.23. The third-order valence-corrected chi connectivity index (χ3v) is 8.27. The lowest BCUT2D eigenvalue weighted by Gasteiger charge is -2.32. The van der Waals surface area contributed by atoms with Crippen molar-refractivity contribution in [2.75, 3.05) is 59.5 Å². The number of nitrogens with one attached hydrogen (secondary N) is 1. The molecule has 0 bridgehead atoms. The smallest absolute Gasteiger partial charge is 0.258 e. The molecule has 0 radical (unpaired) electrons. The Bertz CT molecular complexity index is 1290. The van der Waals surface area contributed by atoms with Crippen LogP contribution in [0.5, 0.6) is 11.5 Å². The lowest BCUT2D eigenvalue weighted by molar-refractivity contribution is 0.0748. The summed E-state index contributed by atoms with van der Waals surface area (Å²) >= 11 is 0. The van der Waals surface area contributed by atoms with Gasteiger partial charge in [0, 0.05) is 63.8 Å². The van der Waals surface area contributed by atoms with E-state index in [4.69, 9.17) is 4.74 Å². The first kappa shape index (κ1) is 25.2. The van der Waals surface area contributed by atoms with Crippen LogP contribution in [0, 0.1) is 0 Å². The van der Waals surface area contributed by atoms with Crippen molar-refractivity contribution in [3.8, 4) is 11.5 Å². The zero-order chi connectivity index (χ0) is 26.1. The highest BCUT2D eigenvalue weighted by Crippen LogP contribution is 2.32. The van der Waals surface area contributed by atoms with Crippen molar-refractivity contribution in [2.45, 2.75) is 38.9 Å². The monoisotopic (exact) mass is 518 g/mol. The van der Waals surface area contributed by atoms with Gasteiger partial charge in [0.1, 0.15) is 18.1 Å². The fourth-order valence-corrected chi connectivity index (χ4v) is 5.87. The maximum Gasteiger partial charge on any atom is 0.258 e. The number of aromatic amines is 1. The number of fused-ring (bicyclic) bond motifs is 2. The molecule has 1 amide bonds. The molecule has 0 spiro atoms. The minimum Gasteiger partial charge on any atom is -0.507 e. The van der Waals surface area contributed by atoms with Gasteiger partial charge in [-0.3, -0.25) is 19.7 Å². The molecule has 2 aromatic carbocycles. The third-order valence-electron chi connectivity index (χ3n) is 8.27. The third kappa shape index (κ3) is 5.36. The molecule has 3 aromatic rings. The number of rotatable bonds is 7. The maximum absolute atomic E-state index is 13.5. The molecule has 6 rings (SSSR count). The molecule has 38 heavy (non-hydrogen) atoms. The van der Waals surface area contributed by atoms with Gasteiger partial charge in [0.05, 0.1) is 16.8 Å². The maximum atomic E-state index is 13.5. The second-order valence-electron chi connectivity index (χ2n) is 11.0. The molecule has 2 fully saturated rings. The van der Waals surface area contributed by atoms with Crippen LogP contribution < -0.4 is 4.74 Å². The van der Waals surface area contributed by atoms with E-state index >= 15 is 0 Å². The van der Waals surface area contributed by atoms with Gasteiger partial charge in [0.25, 0.3) is 5.91 Å². The van der Waals surface area contributed by atoms with Crippen LogP contribution in [0.4, 0.5) is 0 Å². The second kappa shape index (κ2) is 10.9. The Morgan fingerprint density at radius 1 is 0.974 bits per heavy atom. The molecule has 2 N–H and O–H groups in total. The molecule has 9 nitrogen and oxygen atoms in total. The fraction of sp³-hybridized carbons (Fsp3) is 0.517. The molecule has 0 atom stereocenters. The van der Waals surface area contributed by atoms with Gasteiger partial charge in [-0.1, -0.05) is 12.5 Å². The number of likely N-dealkylation sites (tertiary alicyclic amines) is 1. The zero-order valence-electron chi connectivity index (χ0n) is 22.3. The predicted molar refractivity (Wildman–Crippen MR) is 146 cm³/mol. The summed E-state index contributed by atoms with van der Waals surface area (Å²) in [6.45, 7) is 9.89. The molecule has 1 aromatic heterocycles. The Hall–Kier alpha value is -3.14. The number of phenols is 1. The van der Waals surface area contributed by atoms with E-state index in [1.165, 1.54) is 19.3 Å². The number of aromatic hydroxyl groups is 1. The van der Waals surface area contributed by atoms with Gasteiger partial charge in [-0.15, -0.1) is 0 Å². The Morgan fingerprint density at radius 2 is 1.76 bits per heavy atom. The topological polar surface area (TPSA) is 88.2 Å². The molecule has 0 unspecified atom stereocenters. The normalized spacial score (nSPS) is 19.2. The van der Waals surface area contributed by atoms with Gasteiger partial charge in [-0.25, -0.2) is 0 Å². The highest BCUT2D eigenvalue weighted by molar-refractivity contribution is 6.01. The number of likely N-dealkylation sites (N-methyl/N-ethyl adjacent to an activating group) is 1. The highest BCUT2D eigenvalue weighted by atomic mass is 16.5. The summed E-state index contributed by atoms with van der Waals surface area (Å²) in [4.78, 5) is 22.5. The summed E-state index contributed by atoms with van der Waals surface area (Å²) in [6.07, 6.45) is 3.71. The van der Waals surface area contributed by atoms with Crippen molar-refractivity contribution in [2.24, 2.45) is 0 Å². The van der Waals surface area contributed by atoms with E-state index in [0.717, 1.165) is 85.8 Å². The lowest BCUT2D eigenvalue weighted by Crippen LogP contribution is -2.45. The summed E-state index contributed by atoms with van der Waals surface area (Å²) in [5, 5.41) is 19.2. The van der Waals surface area contributed by atoms with E-state index in [9.17, 15) is 9.90 Å². The summed E-state index contributed by atoms with van der Waals surface area (Å²) in [7, 11) is 2.16. The second-order valence-corrected chi connectivity index (χ2v) is 11.0. The molecule has 3 aliphatic heterocycles. The lowest BCUT2D eigenvalue weighted by atomic mass is 10.1. The predicted octanol–water partition coefficient (Wildman–Crippen LogP) is 3.04. The molecule has 9 heteroatoms. The number of H-pyrrole nitrogens is 1. The fourth-order valence-electron chi connectivity index (χ4n) is 5.87. The standard InChI is InChI=1S/C29H38N6O3/c1-32-9-11-33(12-10-32)13-14-38-23-6-5-21-18-35(19-22(21)15-23)29(37)25-16-24-26(17-28(25)36)30-31-27(24)20-34-7-3-2-4-8-34/h5-6,15-17,36H,2-4,7-14,18-20H2,1H3,(H,30,31). The van der Waals surface area contributed by atoms with E-state index < -0.39 is 0 Å². The highest BCUT2D eigenvalue weighted by Gasteiger charge is 2.27. The van der Waals surface area contributed by atoms with Crippen LogP contribution in [-0.2, 0) is 19.6 Å². The van der Waals surface area contributed by atoms with Crippen LogP contribution in [0.25, 0.3) is 10.9 Å².